The second kappa shape index (κ2) is 8.29. The Labute approximate surface area is 113 Å². The highest BCUT2D eigenvalue weighted by atomic mass is 16.7. The highest BCUT2D eigenvalue weighted by Gasteiger charge is 1.94. The van der Waals surface area contributed by atoms with Gasteiger partial charge in [-0.3, -0.25) is 0 Å². The van der Waals surface area contributed by atoms with E-state index in [2.05, 4.69) is 0 Å². The summed E-state index contributed by atoms with van der Waals surface area (Å²) in [5.41, 5.74) is 0. The van der Waals surface area contributed by atoms with Crippen LogP contribution >= 0.6 is 0 Å². The Kier molecular flexibility index (Phi) is 5.93. The molecule has 0 N–H and O–H groups in total. The third kappa shape index (κ3) is 5.55. The van der Waals surface area contributed by atoms with Gasteiger partial charge in [-0.05, 0) is 30.7 Å². The fourth-order valence-corrected chi connectivity index (χ4v) is 1.55. The van der Waals surface area contributed by atoms with Crippen LogP contribution in [-0.2, 0) is 9.47 Å². The van der Waals surface area contributed by atoms with Gasteiger partial charge in [0.05, 0.1) is 13.2 Å². The average Bonchev–Trinajstić information content (AvgIpc) is 2.52. The first-order valence-corrected chi connectivity index (χ1v) is 6.38. The van der Waals surface area contributed by atoms with E-state index in [1.54, 1.807) is 0 Å². The smallest absolute Gasteiger partial charge is 0.146 e. The molecule has 0 saturated carbocycles. The fourth-order valence-electron chi connectivity index (χ4n) is 1.55. The standard InChI is InChI=1S/C12H10O.C4H8O2/c1-3-7-11(8-4-1)13-12-9-5-2-6-10-12;1-2-5-4-6-3-1/h1-10H;1-4H2. The van der Waals surface area contributed by atoms with Crippen LogP contribution in [-0.4, -0.2) is 20.0 Å². The van der Waals surface area contributed by atoms with Crippen molar-refractivity contribution in [3.05, 3.63) is 60.7 Å². The third-order valence-electron chi connectivity index (χ3n) is 2.47. The van der Waals surface area contributed by atoms with Gasteiger partial charge in [0.1, 0.15) is 18.3 Å². The first kappa shape index (κ1) is 13.6. The first-order valence-electron chi connectivity index (χ1n) is 6.38. The Bertz CT molecular complexity index is 389. The van der Waals surface area contributed by atoms with Gasteiger partial charge in [0.2, 0.25) is 0 Å². The molecule has 2 aromatic rings. The van der Waals surface area contributed by atoms with Crippen LogP contribution in [0, 0.1) is 0 Å². The van der Waals surface area contributed by atoms with Crippen molar-refractivity contribution in [2.45, 2.75) is 6.42 Å². The summed E-state index contributed by atoms with van der Waals surface area (Å²) in [6, 6.07) is 19.5. The monoisotopic (exact) mass is 258 g/mol. The zero-order valence-electron chi connectivity index (χ0n) is 10.8. The minimum atomic E-state index is 0.500. The highest BCUT2D eigenvalue weighted by molar-refractivity contribution is 5.30. The summed E-state index contributed by atoms with van der Waals surface area (Å²) in [7, 11) is 0. The summed E-state index contributed by atoms with van der Waals surface area (Å²) in [5.74, 6) is 1.74. The normalized spacial score (nSPS) is 14.1. The summed E-state index contributed by atoms with van der Waals surface area (Å²) < 4.78 is 15.3. The largest absolute Gasteiger partial charge is 0.457 e. The number of hydrogen-bond acceptors (Lipinski definition) is 3. The quantitative estimate of drug-likeness (QED) is 0.818. The van der Waals surface area contributed by atoms with E-state index in [1.807, 2.05) is 60.7 Å². The van der Waals surface area contributed by atoms with Gasteiger partial charge >= 0.3 is 0 Å². The SMILES string of the molecule is C1COCOC1.c1ccc(Oc2ccccc2)cc1. The molecule has 0 atom stereocenters. The minimum absolute atomic E-state index is 0.500. The molecule has 3 nitrogen and oxygen atoms in total. The van der Waals surface area contributed by atoms with E-state index in [0.717, 1.165) is 31.1 Å². The molecule has 0 spiro atoms. The number of para-hydroxylation sites is 2. The van der Waals surface area contributed by atoms with Crippen LogP contribution in [0.25, 0.3) is 0 Å². The van der Waals surface area contributed by atoms with Crippen LogP contribution in [0.5, 0.6) is 11.5 Å². The minimum Gasteiger partial charge on any atom is -0.457 e. The molecule has 0 unspecified atom stereocenters. The Morgan fingerprint density at radius 1 is 0.684 bits per heavy atom. The zero-order valence-corrected chi connectivity index (χ0v) is 10.8. The van der Waals surface area contributed by atoms with Crippen LogP contribution < -0.4 is 4.74 Å². The molecule has 0 bridgehead atoms. The molecule has 1 heterocycles. The van der Waals surface area contributed by atoms with E-state index in [-0.39, 0.29) is 0 Å². The molecule has 0 amide bonds. The molecule has 3 heteroatoms. The molecule has 2 aromatic carbocycles. The lowest BCUT2D eigenvalue weighted by Crippen LogP contribution is -2.11. The van der Waals surface area contributed by atoms with Crippen molar-refractivity contribution < 1.29 is 14.2 Å². The molecule has 100 valence electrons. The molecular formula is C16H18O3. The highest BCUT2D eigenvalue weighted by Crippen LogP contribution is 2.19. The summed E-state index contributed by atoms with van der Waals surface area (Å²) >= 11 is 0. The van der Waals surface area contributed by atoms with Crippen molar-refractivity contribution in [3.8, 4) is 11.5 Å². The second-order valence-electron chi connectivity index (χ2n) is 4.02. The van der Waals surface area contributed by atoms with E-state index in [1.165, 1.54) is 0 Å². The summed E-state index contributed by atoms with van der Waals surface area (Å²) in [5, 5.41) is 0. The van der Waals surface area contributed by atoms with E-state index in [0.29, 0.717) is 6.79 Å². The summed E-state index contributed by atoms with van der Waals surface area (Å²) in [6.07, 6.45) is 1.06. The van der Waals surface area contributed by atoms with Gasteiger partial charge in [0.25, 0.3) is 0 Å². The molecule has 1 fully saturated rings. The fraction of sp³-hybridized carbons (Fsp3) is 0.250. The van der Waals surface area contributed by atoms with E-state index in [9.17, 15) is 0 Å². The molecule has 0 aromatic heterocycles. The topological polar surface area (TPSA) is 27.7 Å². The number of rotatable bonds is 2. The lowest BCUT2D eigenvalue weighted by Gasteiger charge is -2.09. The number of benzene rings is 2. The van der Waals surface area contributed by atoms with Gasteiger partial charge in [-0.15, -0.1) is 0 Å². The Balaban J connectivity index is 0.000000186. The van der Waals surface area contributed by atoms with Crippen molar-refractivity contribution in [1.82, 2.24) is 0 Å². The van der Waals surface area contributed by atoms with Crippen molar-refractivity contribution in [2.75, 3.05) is 20.0 Å². The maximum absolute atomic E-state index is 5.58. The second-order valence-corrected chi connectivity index (χ2v) is 4.02. The van der Waals surface area contributed by atoms with Gasteiger partial charge in [0.15, 0.2) is 0 Å². The van der Waals surface area contributed by atoms with Gasteiger partial charge in [-0.1, -0.05) is 36.4 Å². The molecular weight excluding hydrogens is 240 g/mol. The summed E-state index contributed by atoms with van der Waals surface area (Å²) in [6.45, 7) is 2.25. The van der Waals surface area contributed by atoms with Crippen LogP contribution in [0.1, 0.15) is 6.42 Å². The van der Waals surface area contributed by atoms with Crippen molar-refractivity contribution in [1.29, 1.82) is 0 Å². The molecule has 0 aliphatic carbocycles. The Morgan fingerprint density at radius 3 is 1.47 bits per heavy atom. The van der Waals surface area contributed by atoms with E-state index < -0.39 is 0 Å². The van der Waals surface area contributed by atoms with Crippen molar-refractivity contribution in [2.24, 2.45) is 0 Å². The zero-order chi connectivity index (χ0) is 13.2. The first-order chi connectivity index (χ1) is 9.45. The molecule has 1 aliphatic heterocycles. The Hall–Kier alpha value is -1.84. The van der Waals surface area contributed by atoms with Crippen molar-refractivity contribution >= 4 is 0 Å². The van der Waals surface area contributed by atoms with Gasteiger partial charge in [-0.25, -0.2) is 0 Å². The van der Waals surface area contributed by atoms with Gasteiger partial charge in [-0.2, -0.15) is 0 Å². The summed E-state index contributed by atoms with van der Waals surface area (Å²) in [4.78, 5) is 0. The molecule has 3 rings (SSSR count). The van der Waals surface area contributed by atoms with Crippen LogP contribution in [0.3, 0.4) is 0 Å². The van der Waals surface area contributed by atoms with Crippen LogP contribution in [0.2, 0.25) is 0 Å². The predicted molar refractivity (Wildman–Crippen MR) is 74.3 cm³/mol. The van der Waals surface area contributed by atoms with Gasteiger partial charge in [0, 0.05) is 0 Å². The Morgan fingerprint density at radius 2 is 1.16 bits per heavy atom. The van der Waals surface area contributed by atoms with E-state index >= 15 is 0 Å². The van der Waals surface area contributed by atoms with Crippen LogP contribution in [0.15, 0.2) is 60.7 Å². The van der Waals surface area contributed by atoms with Crippen LogP contribution in [0.4, 0.5) is 0 Å². The molecule has 1 saturated heterocycles. The van der Waals surface area contributed by atoms with Crippen molar-refractivity contribution in [3.63, 3.8) is 0 Å². The molecule has 19 heavy (non-hydrogen) atoms. The maximum Gasteiger partial charge on any atom is 0.146 e. The molecule has 1 aliphatic rings. The van der Waals surface area contributed by atoms with E-state index in [4.69, 9.17) is 14.2 Å². The predicted octanol–water partition coefficient (Wildman–Crippen LogP) is 3.86. The number of hydrogen-bond donors (Lipinski definition) is 0. The number of ether oxygens (including phenoxy) is 3. The lowest BCUT2D eigenvalue weighted by molar-refractivity contribution is -0.0963. The third-order valence-corrected chi connectivity index (χ3v) is 2.47. The lowest BCUT2D eigenvalue weighted by atomic mass is 10.3. The maximum atomic E-state index is 5.58. The van der Waals surface area contributed by atoms with Gasteiger partial charge < -0.3 is 14.2 Å². The molecule has 0 radical (unpaired) electrons. The average molecular weight is 258 g/mol.